The van der Waals surface area contributed by atoms with Crippen LogP contribution in [-0.2, 0) is 9.47 Å². The fraction of sp³-hybridized carbons (Fsp3) is 1.00. The molecule has 3 fully saturated rings. The third kappa shape index (κ3) is 1.82. The van der Waals surface area contributed by atoms with Crippen molar-refractivity contribution in [3.05, 3.63) is 0 Å². The summed E-state index contributed by atoms with van der Waals surface area (Å²) in [6.07, 6.45) is 4.23. The molecule has 14 heavy (non-hydrogen) atoms. The molecule has 82 valence electrons. The van der Waals surface area contributed by atoms with Gasteiger partial charge in [-0.3, -0.25) is 0 Å². The SMILES string of the molecule is CC1OC2OCCCCC1C(C)C2C. The summed E-state index contributed by atoms with van der Waals surface area (Å²) < 4.78 is 11.7. The highest BCUT2D eigenvalue weighted by Gasteiger charge is 2.40. The van der Waals surface area contributed by atoms with Crippen molar-refractivity contribution >= 4 is 0 Å². The predicted molar refractivity (Wildman–Crippen MR) is 56.0 cm³/mol. The smallest absolute Gasteiger partial charge is 0.160 e. The minimum atomic E-state index is 0.0503. The number of hydrogen-bond donors (Lipinski definition) is 0. The molecule has 0 spiro atoms. The Morgan fingerprint density at radius 1 is 1.00 bits per heavy atom. The van der Waals surface area contributed by atoms with Gasteiger partial charge in [0.2, 0.25) is 0 Å². The van der Waals surface area contributed by atoms with Crippen molar-refractivity contribution in [1.82, 2.24) is 0 Å². The van der Waals surface area contributed by atoms with Crippen molar-refractivity contribution in [2.24, 2.45) is 17.8 Å². The fourth-order valence-corrected chi connectivity index (χ4v) is 2.87. The highest BCUT2D eigenvalue weighted by Crippen LogP contribution is 2.39. The predicted octanol–water partition coefficient (Wildman–Crippen LogP) is 2.82. The molecule has 2 nitrogen and oxygen atoms in total. The lowest BCUT2D eigenvalue weighted by Crippen LogP contribution is -2.45. The van der Waals surface area contributed by atoms with Gasteiger partial charge in [-0.2, -0.15) is 0 Å². The maximum Gasteiger partial charge on any atom is 0.160 e. The Labute approximate surface area is 87.0 Å². The Hall–Kier alpha value is -0.0800. The van der Waals surface area contributed by atoms with Crippen molar-refractivity contribution in [3.8, 4) is 0 Å². The molecule has 0 amide bonds. The van der Waals surface area contributed by atoms with Crippen LogP contribution in [0.25, 0.3) is 0 Å². The van der Waals surface area contributed by atoms with Gasteiger partial charge in [-0.25, -0.2) is 0 Å². The van der Waals surface area contributed by atoms with E-state index in [-0.39, 0.29) is 6.29 Å². The third-order valence-corrected chi connectivity index (χ3v) is 4.10. The average molecular weight is 198 g/mol. The highest BCUT2D eigenvalue weighted by atomic mass is 16.7. The highest BCUT2D eigenvalue weighted by molar-refractivity contribution is 4.84. The zero-order valence-electron chi connectivity index (χ0n) is 9.53. The van der Waals surface area contributed by atoms with Gasteiger partial charge >= 0.3 is 0 Å². The summed E-state index contributed by atoms with van der Waals surface area (Å²) in [4.78, 5) is 0. The molecule has 0 saturated carbocycles. The van der Waals surface area contributed by atoms with Crippen molar-refractivity contribution in [3.63, 3.8) is 0 Å². The van der Waals surface area contributed by atoms with Gasteiger partial charge in [0.25, 0.3) is 0 Å². The molecule has 0 aromatic carbocycles. The van der Waals surface area contributed by atoms with Crippen LogP contribution in [0.1, 0.15) is 40.0 Å². The monoisotopic (exact) mass is 198 g/mol. The molecule has 0 radical (unpaired) electrons. The van der Waals surface area contributed by atoms with E-state index < -0.39 is 0 Å². The van der Waals surface area contributed by atoms with E-state index in [0.717, 1.165) is 18.4 Å². The van der Waals surface area contributed by atoms with Crippen molar-refractivity contribution in [1.29, 1.82) is 0 Å². The molecule has 5 atom stereocenters. The second-order valence-corrected chi connectivity index (χ2v) is 4.96. The van der Waals surface area contributed by atoms with E-state index in [9.17, 15) is 0 Å². The fourth-order valence-electron chi connectivity index (χ4n) is 2.87. The van der Waals surface area contributed by atoms with Crippen molar-refractivity contribution in [2.75, 3.05) is 6.61 Å². The Morgan fingerprint density at radius 2 is 1.79 bits per heavy atom. The summed E-state index contributed by atoms with van der Waals surface area (Å²) in [6, 6.07) is 0. The van der Waals surface area contributed by atoms with Crippen LogP contribution in [0.3, 0.4) is 0 Å². The topological polar surface area (TPSA) is 18.5 Å². The minimum absolute atomic E-state index is 0.0503. The molecule has 3 aliphatic heterocycles. The van der Waals surface area contributed by atoms with Gasteiger partial charge in [-0.05, 0) is 31.6 Å². The summed E-state index contributed by atoms with van der Waals surface area (Å²) in [5.74, 6) is 2.03. The van der Waals surface area contributed by atoms with Gasteiger partial charge in [0.1, 0.15) is 0 Å². The van der Waals surface area contributed by atoms with Crippen molar-refractivity contribution < 1.29 is 9.47 Å². The maximum absolute atomic E-state index is 5.93. The van der Waals surface area contributed by atoms with E-state index in [4.69, 9.17) is 9.47 Å². The lowest BCUT2D eigenvalue weighted by molar-refractivity contribution is -0.241. The quantitative estimate of drug-likeness (QED) is 0.596. The summed E-state index contributed by atoms with van der Waals surface area (Å²) in [7, 11) is 0. The average Bonchev–Trinajstić information content (AvgIpc) is 2.28. The van der Waals surface area contributed by atoms with Crippen LogP contribution in [0.4, 0.5) is 0 Å². The molecule has 2 bridgehead atoms. The van der Waals surface area contributed by atoms with Crippen molar-refractivity contribution in [2.45, 2.75) is 52.4 Å². The van der Waals surface area contributed by atoms with Gasteiger partial charge in [0.05, 0.1) is 6.10 Å². The number of rotatable bonds is 0. The van der Waals surface area contributed by atoms with Crippen LogP contribution in [-0.4, -0.2) is 19.0 Å². The van der Waals surface area contributed by atoms with E-state index in [1.165, 1.54) is 19.3 Å². The normalized spacial score (nSPS) is 49.5. The lowest BCUT2D eigenvalue weighted by Gasteiger charge is -2.42. The molecule has 3 rings (SSSR count). The van der Waals surface area contributed by atoms with E-state index in [1.807, 2.05) is 0 Å². The van der Waals surface area contributed by atoms with Gasteiger partial charge in [-0.1, -0.05) is 20.3 Å². The molecule has 0 aliphatic carbocycles. The molecule has 5 unspecified atom stereocenters. The minimum Gasteiger partial charge on any atom is -0.352 e. The van der Waals surface area contributed by atoms with Crippen LogP contribution in [0, 0.1) is 17.8 Å². The maximum atomic E-state index is 5.93. The first-order chi connectivity index (χ1) is 6.70. The molecule has 2 heteroatoms. The van der Waals surface area contributed by atoms with Gasteiger partial charge in [-0.15, -0.1) is 0 Å². The number of fused-ring (bicyclic) bond motifs is 6. The number of hydrogen-bond acceptors (Lipinski definition) is 2. The second-order valence-electron chi connectivity index (χ2n) is 4.96. The van der Waals surface area contributed by atoms with E-state index in [1.54, 1.807) is 0 Å². The summed E-state index contributed by atoms with van der Waals surface area (Å²) in [5.41, 5.74) is 0. The van der Waals surface area contributed by atoms with Crippen LogP contribution >= 0.6 is 0 Å². The Bertz CT molecular complexity index is 191. The molecule has 0 aromatic rings. The molecule has 3 aliphatic rings. The Kier molecular flexibility index (Phi) is 3.13. The summed E-state index contributed by atoms with van der Waals surface area (Å²) in [5, 5.41) is 0. The molecule has 0 N–H and O–H groups in total. The standard InChI is InChI=1S/C12H22O2/c1-8-9(2)12-13-7-5-4-6-11(8)10(3)14-12/h8-12H,4-7H2,1-3H3. The Balaban J connectivity index is 2.15. The molecular weight excluding hydrogens is 176 g/mol. The van der Waals surface area contributed by atoms with Gasteiger partial charge in [0, 0.05) is 12.5 Å². The molecular formula is C12H22O2. The first-order valence-corrected chi connectivity index (χ1v) is 5.97. The van der Waals surface area contributed by atoms with Crippen LogP contribution in [0.15, 0.2) is 0 Å². The molecule has 3 heterocycles. The van der Waals surface area contributed by atoms with Gasteiger partial charge < -0.3 is 9.47 Å². The number of ether oxygens (including phenoxy) is 2. The summed E-state index contributed by atoms with van der Waals surface area (Å²) in [6.45, 7) is 7.70. The van der Waals surface area contributed by atoms with Crippen LogP contribution < -0.4 is 0 Å². The first-order valence-electron chi connectivity index (χ1n) is 5.97. The zero-order chi connectivity index (χ0) is 10.1. The zero-order valence-corrected chi connectivity index (χ0v) is 9.53. The van der Waals surface area contributed by atoms with E-state index in [2.05, 4.69) is 20.8 Å². The second kappa shape index (κ2) is 4.19. The summed E-state index contributed by atoms with van der Waals surface area (Å²) >= 11 is 0. The third-order valence-electron chi connectivity index (χ3n) is 4.10. The molecule has 0 aromatic heterocycles. The van der Waals surface area contributed by atoms with Crippen LogP contribution in [0.2, 0.25) is 0 Å². The largest absolute Gasteiger partial charge is 0.352 e. The van der Waals surface area contributed by atoms with Gasteiger partial charge in [0.15, 0.2) is 6.29 Å². The lowest BCUT2D eigenvalue weighted by atomic mass is 9.76. The molecule has 3 saturated heterocycles. The first kappa shape index (κ1) is 10.4. The Morgan fingerprint density at radius 3 is 2.57 bits per heavy atom. The van der Waals surface area contributed by atoms with Crippen LogP contribution in [0.5, 0.6) is 0 Å². The van der Waals surface area contributed by atoms with E-state index in [0.29, 0.717) is 12.0 Å². The van der Waals surface area contributed by atoms with E-state index >= 15 is 0 Å².